The molecule has 0 aromatic heterocycles. The van der Waals surface area contributed by atoms with Crippen LogP contribution in [0.3, 0.4) is 0 Å². The summed E-state index contributed by atoms with van der Waals surface area (Å²) >= 11 is 0. The van der Waals surface area contributed by atoms with Gasteiger partial charge >= 0.3 is 5.97 Å². The standard InChI is InChI=1S/C12H20N2O3/c1-4-10(12(16)17-3)5-7-14-8-6-13-11(15)9(14)2/h5,9H,4,6-8H2,1-3H3,(H,13,15). The first kappa shape index (κ1) is 13.7. The zero-order chi connectivity index (χ0) is 12.8. The summed E-state index contributed by atoms with van der Waals surface area (Å²) in [5, 5.41) is 2.80. The molecule has 5 nitrogen and oxygen atoms in total. The van der Waals surface area contributed by atoms with E-state index in [-0.39, 0.29) is 17.9 Å². The number of rotatable bonds is 4. The fourth-order valence-electron chi connectivity index (χ4n) is 1.81. The van der Waals surface area contributed by atoms with Gasteiger partial charge in [-0.05, 0) is 13.3 Å². The summed E-state index contributed by atoms with van der Waals surface area (Å²) in [7, 11) is 1.38. The van der Waals surface area contributed by atoms with Crippen molar-refractivity contribution in [3.8, 4) is 0 Å². The van der Waals surface area contributed by atoms with Crippen molar-refractivity contribution in [1.29, 1.82) is 0 Å². The number of methoxy groups -OCH3 is 1. The number of carbonyl (C=O) groups is 2. The van der Waals surface area contributed by atoms with Gasteiger partial charge in [0.25, 0.3) is 0 Å². The summed E-state index contributed by atoms with van der Waals surface area (Å²) in [5.74, 6) is -0.248. The lowest BCUT2D eigenvalue weighted by Gasteiger charge is -2.31. The topological polar surface area (TPSA) is 58.6 Å². The molecule has 1 unspecified atom stereocenters. The third-order valence-corrected chi connectivity index (χ3v) is 3.03. The third kappa shape index (κ3) is 3.56. The third-order valence-electron chi connectivity index (χ3n) is 3.03. The van der Waals surface area contributed by atoms with Crippen LogP contribution in [0.4, 0.5) is 0 Å². The molecule has 1 heterocycles. The maximum absolute atomic E-state index is 11.4. The molecule has 1 amide bonds. The van der Waals surface area contributed by atoms with E-state index in [0.717, 1.165) is 6.54 Å². The Bertz CT molecular complexity index is 326. The number of nitrogens with zero attached hydrogens (tertiary/aromatic N) is 1. The molecule has 1 N–H and O–H groups in total. The molecule has 0 bridgehead atoms. The lowest BCUT2D eigenvalue weighted by molar-refractivity contribution is -0.136. The van der Waals surface area contributed by atoms with Gasteiger partial charge in [0.15, 0.2) is 0 Å². The van der Waals surface area contributed by atoms with Gasteiger partial charge in [-0.15, -0.1) is 0 Å². The Morgan fingerprint density at radius 1 is 1.65 bits per heavy atom. The number of amides is 1. The van der Waals surface area contributed by atoms with Gasteiger partial charge < -0.3 is 10.1 Å². The molecular formula is C12H20N2O3. The monoisotopic (exact) mass is 240 g/mol. The predicted octanol–water partition coefficient (Wildman–Crippen LogP) is 0.316. The number of hydrogen-bond donors (Lipinski definition) is 1. The van der Waals surface area contributed by atoms with Crippen LogP contribution in [0.25, 0.3) is 0 Å². The summed E-state index contributed by atoms with van der Waals surface area (Å²) < 4.78 is 4.69. The van der Waals surface area contributed by atoms with Crippen LogP contribution in [-0.4, -0.2) is 49.6 Å². The van der Waals surface area contributed by atoms with E-state index in [1.165, 1.54) is 7.11 Å². The van der Waals surface area contributed by atoms with E-state index in [2.05, 4.69) is 10.1 Å². The van der Waals surface area contributed by atoms with E-state index in [1.807, 2.05) is 24.8 Å². The molecular weight excluding hydrogens is 220 g/mol. The van der Waals surface area contributed by atoms with Crippen molar-refractivity contribution in [2.75, 3.05) is 26.7 Å². The molecule has 1 saturated heterocycles. The van der Waals surface area contributed by atoms with Crippen LogP contribution in [0, 0.1) is 0 Å². The summed E-state index contributed by atoms with van der Waals surface area (Å²) in [5.41, 5.74) is 0.658. The smallest absolute Gasteiger partial charge is 0.333 e. The molecule has 17 heavy (non-hydrogen) atoms. The zero-order valence-corrected chi connectivity index (χ0v) is 10.7. The van der Waals surface area contributed by atoms with Crippen molar-refractivity contribution >= 4 is 11.9 Å². The van der Waals surface area contributed by atoms with Crippen LogP contribution in [0.5, 0.6) is 0 Å². The number of esters is 1. The van der Waals surface area contributed by atoms with E-state index >= 15 is 0 Å². The molecule has 0 aromatic carbocycles. The first-order chi connectivity index (χ1) is 8.10. The SMILES string of the molecule is CCC(=CCN1CCNC(=O)C1C)C(=O)OC. The zero-order valence-electron chi connectivity index (χ0n) is 10.7. The Balaban J connectivity index is 2.61. The highest BCUT2D eigenvalue weighted by molar-refractivity contribution is 5.88. The van der Waals surface area contributed by atoms with Gasteiger partial charge in [0.05, 0.1) is 13.2 Å². The second-order valence-corrected chi connectivity index (χ2v) is 4.04. The van der Waals surface area contributed by atoms with Crippen molar-refractivity contribution in [1.82, 2.24) is 10.2 Å². The number of nitrogens with one attached hydrogen (secondary N) is 1. The fraction of sp³-hybridized carbons (Fsp3) is 0.667. The fourth-order valence-corrected chi connectivity index (χ4v) is 1.81. The molecule has 96 valence electrons. The van der Waals surface area contributed by atoms with Gasteiger partial charge in [-0.2, -0.15) is 0 Å². The summed E-state index contributed by atoms with van der Waals surface area (Å²) in [6.45, 7) is 5.85. The average Bonchev–Trinajstić information content (AvgIpc) is 2.34. The van der Waals surface area contributed by atoms with Crippen LogP contribution in [0.1, 0.15) is 20.3 Å². The highest BCUT2D eigenvalue weighted by Crippen LogP contribution is 2.07. The molecule has 1 fully saturated rings. The van der Waals surface area contributed by atoms with Gasteiger partial charge in [-0.25, -0.2) is 4.79 Å². The Hall–Kier alpha value is -1.36. The lowest BCUT2D eigenvalue weighted by atomic mass is 10.1. The first-order valence-corrected chi connectivity index (χ1v) is 5.89. The quantitative estimate of drug-likeness (QED) is 0.568. The van der Waals surface area contributed by atoms with Crippen LogP contribution < -0.4 is 5.32 Å². The molecule has 1 rings (SSSR count). The Morgan fingerprint density at radius 3 is 2.94 bits per heavy atom. The van der Waals surface area contributed by atoms with E-state index in [9.17, 15) is 9.59 Å². The van der Waals surface area contributed by atoms with E-state index in [1.54, 1.807) is 0 Å². The minimum atomic E-state index is -0.290. The van der Waals surface area contributed by atoms with Gasteiger partial charge in [-0.1, -0.05) is 13.0 Å². The molecule has 0 aliphatic carbocycles. The van der Waals surface area contributed by atoms with Gasteiger partial charge in [0.1, 0.15) is 0 Å². The molecule has 0 aromatic rings. The van der Waals surface area contributed by atoms with Crippen molar-refractivity contribution in [3.05, 3.63) is 11.6 Å². The van der Waals surface area contributed by atoms with Crippen LogP contribution in [0.15, 0.2) is 11.6 Å². The minimum absolute atomic E-state index is 0.0424. The molecule has 5 heteroatoms. The molecule has 0 saturated carbocycles. The molecule has 1 atom stereocenters. The second kappa shape index (κ2) is 6.39. The Kier molecular flexibility index (Phi) is 5.15. The largest absolute Gasteiger partial charge is 0.466 e. The average molecular weight is 240 g/mol. The summed E-state index contributed by atoms with van der Waals surface area (Å²) in [6, 6.07) is -0.143. The van der Waals surface area contributed by atoms with Crippen LogP contribution in [0.2, 0.25) is 0 Å². The summed E-state index contributed by atoms with van der Waals surface area (Å²) in [4.78, 5) is 24.9. The van der Waals surface area contributed by atoms with E-state index < -0.39 is 0 Å². The molecule has 0 spiro atoms. The normalized spacial score (nSPS) is 22.2. The second-order valence-electron chi connectivity index (χ2n) is 4.04. The number of hydrogen-bond acceptors (Lipinski definition) is 4. The number of ether oxygens (including phenoxy) is 1. The van der Waals surface area contributed by atoms with Crippen LogP contribution in [-0.2, 0) is 14.3 Å². The van der Waals surface area contributed by atoms with Crippen LogP contribution >= 0.6 is 0 Å². The van der Waals surface area contributed by atoms with Gasteiger partial charge in [0, 0.05) is 25.2 Å². The molecule has 1 aliphatic rings. The summed E-state index contributed by atoms with van der Waals surface area (Å²) in [6.07, 6.45) is 2.49. The highest BCUT2D eigenvalue weighted by Gasteiger charge is 2.24. The maximum Gasteiger partial charge on any atom is 0.333 e. The van der Waals surface area contributed by atoms with E-state index in [0.29, 0.717) is 25.1 Å². The van der Waals surface area contributed by atoms with E-state index in [4.69, 9.17) is 0 Å². The minimum Gasteiger partial charge on any atom is -0.466 e. The van der Waals surface area contributed by atoms with Crippen molar-refractivity contribution in [2.45, 2.75) is 26.3 Å². The van der Waals surface area contributed by atoms with Crippen molar-refractivity contribution in [3.63, 3.8) is 0 Å². The van der Waals surface area contributed by atoms with Gasteiger partial charge in [-0.3, -0.25) is 9.69 Å². The van der Waals surface area contributed by atoms with Crippen molar-refractivity contribution < 1.29 is 14.3 Å². The lowest BCUT2D eigenvalue weighted by Crippen LogP contribution is -2.53. The van der Waals surface area contributed by atoms with Crippen molar-refractivity contribution in [2.24, 2.45) is 0 Å². The molecule has 1 aliphatic heterocycles. The molecule has 0 radical (unpaired) electrons. The Labute approximate surface area is 102 Å². The number of piperazine rings is 1. The Morgan fingerprint density at radius 2 is 2.35 bits per heavy atom. The first-order valence-electron chi connectivity index (χ1n) is 5.89. The maximum atomic E-state index is 11.4. The predicted molar refractivity (Wildman–Crippen MR) is 64.4 cm³/mol. The highest BCUT2D eigenvalue weighted by atomic mass is 16.5. The van der Waals surface area contributed by atoms with Gasteiger partial charge in [0.2, 0.25) is 5.91 Å². The number of carbonyl (C=O) groups excluding carboxylic acids is 2.